The van der Waals surface area contributed by atoms with Crippen LogP contribution < -0.4 is 0 Å². The van der Waals surface area contributed by atoms with Crippen LogP contribution in [0.2, 0.25) is 0 Å². The Morgan fingerprint density at radius 2 is 2.38 bits per heavy atom. The van der Waals surface area contributed by atoms with Crippen LogP contribution in [0.1, 0.15) is 6.92 Å². The molecule has 1 heterocycles. The van der Waals surface area contributed by atoms with Gasteiger partial charge in [0.15, 0.2) is 0 Å². The summed E-state index contributed by atoms with van der Waals surface area (Å²) in [6, 6.07) is 0. The lowest BCUT2D eigenvalue weighted by Crippen LogP contribution is -2.16. The minimum absolute atomic E-state index is 0.0469. The molecule has 1 aliphatic rings. The van der Waals surface area contributed by atoms with Crippen molar-refractivity contribution in [2.45, 2.75) is 6.92 Å². The Hall–Kier alpha value is -1.29. The standard InChI is InChI=1S/C8H7ClN2O2/c1-5-2-6(8(13)10-4-5)11-7(12)3-9/h2,4H,3H2,1H3. The number of nitrogens with zero attached hydrogens (tertiary/aromatic N) is 2. The predicted octanol–water partition coefficient (Wildman–Crippen LogP) is 0.750. The van der Waals surface area contributed by atoms with Crippen molar-refractivity contribution in [3.05, 3.63) is 11.6 Å². The number of allylic oxidation sites excluding steroid dienone is 1. The van der Waals surface area contributed by atoms with Gasteiger partial charge in [0.25, 0.3) is 11.8 Å². The minimum Gasteiger partial charge on any atom is -0.271 e. The van der Waals surface area contributed by atoms with Gasteiger partial charge in [-0.2, -0.15) is 0 Å². The zero-order valence-corrected chi connectivity index (χ0v) is 7.71. The molecule has 2 amide bonds. The maximum Gasteiger partial charge on any atom is 0.295 e. The summed E-state index contributed by atoms with van der Waals surface area (Å²) in [5.41, 5.74) is 0.825. The minimum atomic E-state index is -0.536. The summed E-state index contributed by atoms with van der Waals surface area (Å²) in [5.74, 6) is -1.27. The summed E-state index contributed by atoms with van der Waals surface area (Å²) >= 11 is 5.23. The van der Waals surface area contributed by atoms with Crippen LogP contribution in [-0.2, 0) is 9.59 Å². The number of alkyl halides is 1. The smallest absolute Gasteiger partial charge is 0.271 e. The molecule has 1 rings (SSSR count). The molecule has 0 aliphatic carbocycles. The van der Waals surface area contributed by atoms with Crippen molar-refractivity contribution in [3.63, 3.8) is 0 Å². The van der Waals surface area contributed by atoms with E-state index in [0.29, 0.717) is 0 Å². The number of carbonyl (C=O) groups excluding carboxylic acids is 2. The van der Waals surface area contributed by atoms with E-state index in [-0.39, 0.29) is 11.6 Å². The van der Waals surface area contributed by atoms with E-state index in [1.54, 1.807) is 6.92 Å². The topological polar surface area (TPSA) is 58.9 Å². The van der Waals surface area contributed by atoms with E-state index in [9.17, 15) is 9.59 Å². The highest BCUT2D eigenvalue weighted by Crippen LogP contribution is 2.00. The van der Waals surface area contributed by atoms with Crippen molar-refractivity contribution in [3.8, 4) is 0 Å². The van der Waals surface area contributed by atoms with Crippen LogP contribution in [0.15, 0.2) is 21.6 Å². The Balaban J connectivity index is 2.92. The van der Waals surface area contributed by atoms with Gasteiger partial charge in [0.2, 0.25) is 0 Å². The molecule has 0 aromatic heterocycles. The Morgan fingerprint density at radius 3 is 3.00 bits per heavy atom. The number of carbonyl (C=O) groups is 2. The fraction of sp³-hybridized carbons (Fsp3) is 0.250. The quantitative estimate of drug-likeness (QED) is 0.584. The molecule has 1 aliphatic heterocycles. The fourth-order valence-corrected chi connectivity index (χ4v) is 0.845. The van der Waals surface area contributed by atoms with E-state index in [2.05, 4.69) is 9.98 Å². The Morgan fingerprint density at radius 1 is 1.69 bits per heavy atom. The normalized spacial score (nSPS) is 19.1. The summed E-state index contributed by atoms with van der Waals surface area (Å²) in [6.45, 7) is 1.76. The number of halogens is 1. The first-order valence-corrected chi connectivity index (χ1v) is 4.11. The Labute approximate surface area is 80.0 Å². The molecular formula is C8H7ClN2O2. The van der Waals surface area contributed by atoms with Crippen LogP contribution >= 0.6 is 11.6 Å². The van der Waals surface area contributed by atoms with E-state index in [0.717, 1.165) is 5.57 Å². The maximum atomic E-state index is 11.0. The molecule has 0 fully saturated rings. The van der Waals surface area contributed by atoms with Crippen LogP contribution in [0, 0.1) is 0 Å². The van der Waals surface area contributed by atoms with Gasteiger partial charge >= 0.3 is 0 Å². The molecule has 0 unspecified atom stereocenters. The molecule has 0 atom stereocenters. The van der Waals surface area contributed by atoms with E-state index in [1.807, 2.05) is 0 Å². The fourth-order valence-electron chi connectivity index (χ4n) is 0.786. The van der Waals surface area contributed by atoms with Crippen molar-refractivity contribution < 1.29 is 9.59 Å². The van der Waals surface area contributed by atoms with Gasteiger partial charge in [-0.25, -0.2) is 9.98 Å². The van der Waals surface area contributed by atoms with Crippen LogP contribution in [0.3, 0.4) is 0 Å². The SMILES string of the molecule is CC1=CC(=NC(=O)CCl)C(=O)N=C1. The average Bonchev–Trinajstić information content (AvgIpc) is 2.11. The Kier molecular flexibility index (Phi) is 3.08. The van der Waals surface area contributed by atoms with Crippen LogP contribution in [0.5, 0.6) is 0 Å². The largest absolute Gasteiger partial charge is 0.295 e. The van der Waals surface area contributed by atoms with Crippen molar-refractivity contribution >= 4 is 35.3 Å². The third-order valence-corrected chi connectivity index (χ3v) is 1.56. The molecule has 13 heavy (non-hydrogen) atoms. The van der Waals surface area contributed by atoms with E-state index < -0.39 is 11.8 Å². The third kappa shape index (κ3) is 2.59. The first-order valence-electron chi connectivity index (χ1n) is 3.57. The van der Waals surface area contributed by atoms with Crippen molar-refractivity contribution in [2.75, 3.05) is 5.88 Å². The van der Waals surface area contributed by atoms with E-state index in [1.165, 1.54) is 12.3 Å². The van der Waals surface area contributed by atoms with E-state index >= 15 is 0 Å². The first-order chi connectivity index (χ1) is 6.13. The van der Waals surface area contributed by atoms with Crippen molar-refractivity contribution in [1.82, 2.24) is 0 Å². The number of aliphatic imine (C=N–C) groups is 2. The van der Waals surface area contributed by atoms with Gasteiger partial charge in [-0.15, -0.1) is 11.6 Å². The third-order valence-electron chi connectivity index (χ3n) is 1.33. The number of hydrogen-bond donors (Lipinski definition) is 0. The van der Waals surface area contributed by atoms with E-state index in [4.69, 9.17) is 11.6 Å². The molecule has 68 valence electrons. The Bertz CT molecular complexity index is 342. The van der Waals surface area contributed by atoms with Crippen molar-refractivity contribution in [2.24, 2.45) is 9.98 Å². The van der Waals surface area contributed by atoms with Crippen molar-refractivity contribution in [1.29, 1.82) is 0 Å². The molecule has 0 saturated heterocycles. The lowest BCUT2D eigenvalue weighted by atomic mass is 10.2. The summed E-state index contributed by atoms with van der Waals surface area (Å²) < 4.78 is 0. The van der Waals surface area contributed by atoms with Gasteiger partial charge in [-0.3, -0.25) is 9.59 Å². The zero-order valence-electron chi connectivity index (χ0n) is 6.95. The highest BCUT2D eigenvalue weighted by molar-refractivity contribution is 6.48. The highest BCUT2D eigenvalue weighted by atomic mass is 35.5. The summed E-state index contributed by atoms with van der Waals surface area (Å²) in [7, 11) is 0. The number of rotatable bonds is 1. The number of amides is 2. The molecule has 5 heteroatoms. The van der Waals surface area contributed by atoms with Gasteiger partial charge < -0.3 is 0 Å². The second-order valence-corrected chi connectivity index (χ2v) is 2.74. The van der Waals surface area contributed by atoms with Crippen LogP contribution in [0.4, 0.5) is 0 Å². The molecule has 0 radical (unpaired) electrons. The molecule has 0 bridgehead atoms. The van der Waals surface area contributed by atoms with Gasteiger partial charge in [-0.05, 0) is 18.6 Å². The summed E-state index contributed by atoms with van der Waals surface area (Å²) in [4.78, 5) is 28.8. The van der Waals surface area contributed by atoms with Crippen LogP contribution in [-0.4, -0.2) is 29.6 Å². The molecule has 0 N–H and O–H groups in total. The van der Waals surface area contributed by atoms with Gasteiger partial charge in [0.05, 0.1) is 0 Å². The lowest BCUT2D eigenvalue weighted by molar-refractivity contribution is -0.116. The summed E-state index contributed by atoms with van der Waals surface area (Å²) in [6.07, 6.45) is 2.92. The molecule has 0 spiro atoms. The van der Waals surface area contributed by atoms with Gasteiger partial charge in [-0.1, -0.05) is 0 Å². The van der Waals surface area contributed by atoms with Crippen LogP contribution in [0.25, 0.3) is 0 Å². The monoisotopic (exact) mass is 198 g/mol. The molecule has 0 aromatic carbocycles. The second kappa shape index (κ2) is 4.09. The predicted molar refractivity (Wildman–Crippen MR) is 50.4 cm³/mol. The molecule has 4 nitrogen and oxygen atoms in total. The second-order valence-electron chi connectivity index (χ2n) is 2.48. The molecular weight excluding hydrogens is 192 g/mol. The lowest BCUT2D eigenvalue weighted by Gasteiger charge is -2.01. The number of dihydropyridines is 1. The van der Waals surface area contributed by atoms with Gasteiger partial charge in [0, 0.05) is 6.21 Å². The average molecular weight is 199 g/mol. The highest BCUT2D eigenvalue weighted by Gasteiger charge is 2.12. The molecule has 0 saturated carbocycles. The summed E-state index contributed by atoms with van der Waals surface area (Å²) in [5, 5.41) is 0. The van der Waals surface area contributed by atoms with Gasteiger partial charge in [0.1, 0.15) is 11.6 Å². The number of hydrogen-bond acceptors (Lipinski definition) is 2. The molecule has 0 aromatic rings. The first kappa shape index (κ1) is 9.80. The zero-order chi connectivity index (χ0) is 9.84. The maximum absolute atomic E-state index is 11.0.